The van der Waals surface area contributed by atoms with Crippen LogP contribution in [-0.4, -0.2) is 0 Å². The van der Waals surface area contributed by atoms with Crippen LogP contribution in [0.25, 0.3) is 0 Å². The maximum Gasteiger partial charge on any atom is 0 e. The normalized spacial score (nSPS) is 3.64. The molecule has 0 aliphatic rings. The Hall–Kier alpha value is 0.0123. The summed E-state index contributed by atoms with van der Waals surface area (Å²) >= 11 is 0. The molecule has 0 saturated carbocycles. The van der Waals surface area contributed by atoms with Gasteiger partial charge in [0.1, 0.15) is 0 Å². The molecule has 0 heterocycles. The largest absolute Gasteiger partial charge is 0.358 e. The summed E-state index contributed by atoms with van der Waals surface area (Å²) in [7, 11) is 0. The van der Waals surface area contributed by atoms with Crippen LogP contribution in [-0.2, 0) is 20.4 Å². The van der Waals surface area contributed by atoms with Crippen molar-refractivity contribution >= 4 is 0 Å². The minimum atomic E-state index is 0. The van der Waals surface area contributed by atoms with Gasteiger partial charge in [-0.2, -0.15) is 18.2 Å². The van der Waals surface area contributed by atoms with Gasteiger partial charge in [-0.3, -0.25) is 0 Å². The fourth-order valence-electron chi connectivity index (χ4n) is 0.321. The Morgan fingerprint density at radius 2 is 0.909 bits per heavy atom. The molecule has 0 atom stereocenters. The molecule has 11 heavy (non-hydrogen) atoms. The zero-order valence-corrected chi connectivity index (χ0v) is 11.0. The molecule has 1 aromatic carbocycles. The Morgan fingerprint density at radius 3 is 1.00 bits per heavy atom. The molecule has 0 amide bonds. The van der Waals surface area contributed by atoms with Gasteiger partial charge in [0.05, 0.1) is 0 Å². The zero-order valence-electron chi connectivity index (χ0n) is 8.26. The Morgan fingerprint density at radius 1 is 0.636 bits per heavy atom. The standard InChI is InChI=1S/C5H5.5CH3.Re/c1-2-4-5-3-1;;;;;;/h1-5H;5*1H3;/q6*-1;. The van der Waals surface area contributed by atoms with Gasteiger partial charge in [-0.15, -0.1) is 0 Å². The molecule has 1 aromatic rings. The van der Waals surface area contributed by atoms with Crippen molar-refractivity contribution in [3.63, 3.8) is 0 Å². The smallest absolute Gasteiger partial charge is 0 e. The van der Waals surface area contributed by atoms with Crippen molar-refractivity contribution in [2.75, 3.05) is 0 Å². The van der Waals surface area contributed by atoms with E-state index in [1.54, 1.807) is 0 Å². The Kier molecular flexibility index (Phi) is 129. The van der Waals surface area contributed by atoms with Crippen LogP contribution in [0.1, 0.15) is 0 Å². The molecule has 0 spiro atoms. The maximum atomic E-state index is 2.00. The van der Waals surface area contributed by atoms with Gasteiger partial charge < -0.3 is 37.1 Å². The van der Waals surface area contributed by atoms with Gasteiger partial charge in [-0.25, -0.2) is 12.1 Å². The summed E-state index contributed by atoms with van der Waals surface area (Å²) in [5, 5.41) is 0. The van der Waals surface area contributed by atoms with E-state index in [0.717, 1.165) is 0 Å². The molecule has 0 bridgehead atoms. The number of hydrogen-bond acceptors (Lipinski definition) is 0. The molecule has 0 N–H and O–H groups in total. The molecule has 1 radical (unpaired) electrons. The molecule has 0 saturated heterocycles. The van der Waals surface area contributed by atoms with Crippen LogP contribution in [0, 0.1) is 37.1 Å². The van der Waals surface area contributed by atoms with Crippen molar-refractivity contribution in [2.45, 2.75) is 0 Å². The predicted octanol–water partition coefficient (Wildman–Crippen LogP) is 3.65. The molecule has 1 rings (SSSR count). The fourth-order valence-corrected chi connectivity index (χ4v) is 0.321. The summed E-state index contributed by atoms with van der Waals surface area (Å²) in [4.78, 5) is 0. The first-order valence-corrected chi connectivity index (χ1v) is 1.67. The summed E-state index contributed by atoms with van der Waals surface area (Å²) < 4.78 is 0. The summed E-state index contributed by atoms with van der Waals surface area (Å²) in [6.07, 6.45) is 0. The summed E-state index contributed by atoms with van der Waals surface area (Å²) in [6.45, 7) is 0. The van der Waals surface area contributed by atoms with Crippen LogP contribution < -0.4 is 0 Å². The van der Waals surface area contributed by atoms with Crippen LogP contribution in [0.4, 0.5) is 0 Å². The van der Waals surface area contributed by atoms with E-state index in [2.05, 4.69) is 0 Å². The minimum absolute atomic E-state index is 0. The van der Waals surface area contributed by atoms with E-state index < -0.39 is 0 Å². The van der Waals surface area contributed by atoms with E-state index in [1.807, 2.05) is 30.3 Å². The van der Waals surface area contributed by atoms with Crippen molar-refractivity contribution < 1.29 is 20.4 Å². The van der Waals surface area contributed by atoms with Crippen LogP contribution in [0.15, 0.2) is 30.3 Å². The zero-order chi connectivity index (χ0) is 3.54. The van der Waals surface area contributed by atoms with Gasteiger partial charge in [0.2, 0.25) is 0 Å². The average Bonchev–Trinajstić information content (AvgIpc) is 1.76. The van der Waals surface area contributed by atoms with E-state index in [1.165, 1.54) is 0 Å². The molecule has 0 aliphatic heterocycles. The van der Waals surface area contributed by atoms with Crippen molar-refractivity contribution in [2.24, 2.45) is 0 Å². The molecule has 0 unspecified atom stereocenters. The number of hydrogen-bond donors (Lipinski definition) is 0. The first-order valence-electron chi connectivity index (χ1n) is 1.67. The van der Waals surface area contributed by atoms with E-state index >= 15 is 0 Å². The molecule has 0 fully saturated rings. The third kappa shape index (κ3) is 25.6. The predicted molar refractivity (Wildman–Crippen MR) is 54.1 cm³/mol. The SMILES string of the molecule is [CH3-].[CH3-].[CH3-].[CH3-].[CH3-].[Re].c1cc[cH-]c1. The van der Waals surface area contributed by atoms with Crippen LogP contribution in [0.3, 0.4) is 0 Å². The first kappa shape index (κ1) is 43.9. The van der Waals surface area contributed by atoms with E-state index in [4.69, 9.17) is 0 Å². The molecule has 0 nitrogen and oxygen atoms in total. The van der Waals surface area contributed by atoms with Crippen molar-refractivity contribution in [1.82, 2.24) is 0 Å². The Labute approximate surface area is 88.1 Å². The second-order valence-electron chi connectivity index (χ2n) is 0.962. The van der Waals surface area contributed by atoms with Gasteiger partial charge in [-0.1, -0.05) is 0 Å². The van der Waals surface area contributed by atoms with Gasteiger partial charge >= 0.3 is 0 Å². The third-order valence-electron chi connectivity index (χ3n) is 0.556. The van der Waals surface area contributed by atoms with Gasteiger partial charge in [0.15, 0.2) is 0 Å². The van der Waals surface area contributed by atoms with E-state index in [0.29, 0.717) is 0 Å². The molecule has 73 valence electrons. The fraction of sp³-hybridized carbons (Fsp3) is 0. The number of rotatable bonds is 0. The van der Waals surface area contributed by atoms with Gasteiger partial charge in [0, 0.05) is 20.4 Å². The second kappa shape index (κ2) is 32.4. The molecule has 0 aromatic heterocycles. The summed E-state index contributed by atoms with van der Waals surface area (Å²) in [5.41, 5.74) is 0. The van der Waals surface area contributed by atoms with Crippen molar-refractivity contribution in [3.8, 4) is 0 Å². The van der Waals surface area contributed by atoms with E-state index in [-0.39, 0.29) is 57.6 Å². The van der Waals surface area contributed by atoms with Gasteiger partial charge in [0.25, 0.3) is 0 Å². The monoisotopic (exact) mass is 327 g/mol. The van der Waals surface area contributed by atoms with Crippen molar-refractivity contribution in [3.05, 3.63) is 67.5 Å². The topological polar surface area (TPSA) is 0 Å². The van der Waals surface area contributed by atoms with Crippen LogP contribution in [0.2, 0.25) is 0 Å². The Balaban J connectivity index is -0.0000000104. The minimum Gasteiger partial charge on any atom is -0.358 e. The first-order chi connectivity index (χ1) is 2.50. The summed E-state index contributed by atoms with van der Waals surface area (Å²) in [5.74, 6) is 0. The quantitative estimate of drug-likeness (QED) is 0.638. The van der Waals surface area contributed by atoms with Crippen LogP contribution >= 0.6 is 0 Å². The molecule has 1 heteroatoms. The molecule has 0 aliphatic carbocycles. The van der Waals surface area contributed by atoms with Crippen LogP contribution in [0.5, 0.6) is 0 Å². The van der Waals surface area contributed by atoms with Gasteiger partial charge in [-0.05, 0) is 0 Å². The van der Waals surface area contributed by atoms with E-state index in [9.17, 15) is 0 Å². The Bertz CT molecular complexity index is 61.3. The van der Waals surface area contributed by atoms with Crippen molar-refractivity contribution in [1.29, 1.82) is 0 Å². The average molecular weight is 326 g/mol. The molecular formula is C10H20Re-6. The third-order valence-corrected chi connectivity index (χ3v) is 0.556. The maximum absolute atomic E-state index is 2.00. The summed E-state index contributed by atoms with van der Waals surface area (Å²) in [6, 6.07) is 10.0. The molecular weight excluding hydrogens is 306 g/mol. The second-order valence-corrected chi connectivity index (χ2v) is 0.962.